The second-order valence-electron chi connectivity index (χ2n) is 8.66. The van der Waals surface area contributed by atoms with E-state index in [1.807, 2.05) is 34.6 Å². The number of nitrogens with zero attached hydrogens (tertiary/aromatic N) is 3. The SMILES string of the molecule is CN1CC(=O)N2Cc3c(c4ccccc4n3Cc3ccc(C(O)NO)cc3)C(CC1=O)C2. The van der Waals surface area contributed by atoms with Gasteiger partial charge in [-0.3, -0.25) is 9.59 Å². The summed E-state index contributed by atoms with van der Waals surface area (Å²) in [6.07, 6.45) is -0.743. The molecule has 0 radical (unpaired) electrons. The van der Waals surface area contributed by atoms with Crippen molar-refractivity contribution in [3.05, 3.63) is 70.9 Å². The topological polar surface area (TPSA) is 98.0 Å². The molecule has 2 aromatic carbocycles. The molecule has 3 heterocycles. The molecule has 2 unspecified atom stereocenters. The zero-order valence-electron chi connectivity index (χ0n) is 17.9. The van der Waals surface area contributed by atoms with Crippen molar-refractivity contribution in [1.29, 1.82) is 0 Å². The van der Waals surface area contributed by atoms with E-state index in [9.17, 15) is 14.7 Å². The van der Waals surface area contributed by atoms with Gasteiger partial charge in [0.15, 0.2) is 6.23 Å². The van der Waals surface area contributed by atoms with Crippen molar-refractivity contribution in [2.75, 3.05) is 20.1 Å². The van der Waals surface area contributed by atoms with Gasteiger partial charge in [0.25, 0.3) is 0 Å². The van der Waals surface area contributed by atoms with Gasteiger partial charge in [-0.25, -0.2) is 0 Å². The number of aromatic nitrogens is 1. The second kappa shape index (κ2) is 8.05. The van der Waals surface area contributed by atoms with E-state index in [0.717, 1.165) is 22.2 Å². The fourth-order valence-corrected chi connectivity index (χ4v) is 4.97. The minimum absolute atomic E-state index is 0.000629. The largest absolute Gasteiger partial charge is 0.372 e. The number of carbonyl (C=O) groups excluding carboxylic acids is 2. The Morgan fingerprint density at radius 1 is 1.06 bits per heavy atom. The molecule has 2 aliphatic heterocycles. The van der Waals surface area contributed by atoms with Crippen LogP contribution in [0.1, 0.15) is 41.0 Å². The maximum atomic E-state index is 12.8. The maximum Gasteiger partial charge on any atom is 0.242 e. The third-order valence-electron chi connectivity index (χ3n) is 6.64. The van der Waals surface area contributed by atoms with E-state index in [-0.39, 0.29) is 24.3 Å². The van der Waals surface area contributed by atoms with E-state index in [0.29, 0.717) is 31.6 Å². The molecule has 1 fully saturated rings. The average Bonchev–Trinajstić information content (AvgIpc) is 3.12. The molecule has 3 aromatic rings. The fourth-order valence-electron chi connectivity index (χ4n) is 4.97. The quantitative estimate of drug-likeness (QED) is 0.431. The number of amides is 2. The Balaban J connectivity index is 1.59. The van der Waals surface area contributed by atoms with E-state index >= 15 is 0 Å². The summed E-state index contributed by atoms with van der Waals surface area (Å²) in [6, 6.07) is 15.6. The fraction of sp³-hybridized carbons (Fsp3) is 0.333. The van der Waals surface area contributed by atoms with Crippen LogP contribution >= 0.6 is 0 Å². The molecule has 3 N–H and O–H groups in total. The molecule has 0 saturated carbocycles. The summed E-state index contributed by atoms with van der Waals surface area (Å²) in [5, 5.41) is 19.8. The number of aliphatic hydroxyl groups excluding tert-OH is 1. The van der Waals surface area contributed by atoms with Gasteiger partial charge in [-0.2, -0.15) is 5.48 Å². The standard InChI is InChI=1S/C24H26N4O4/c1-26-14-22(30)27-12-17(10-21(26)29)23-18-4-2-3-5-19(18)28(20(23)13-27)11-15-6-8-16(9-7-15)24(31)25-32/h2-9,17,24-25,31-32H,10-14H2,1H3. The number of benzene rings is 2. The molecule has 8 heteroatoms. The number of likely N-dealkylation sites (N-methyl/N-ethyl adjacent to an activating group) is 1. The average molecular weight is 434 g/mol. The molecule has 166 valence electrons. The van der Waals surface area contributed by atoms with Gasteiger partial charge in [0.1, 0.15) is 0 Å². The first-order valence-electron chi connectivity index (χ1n) is 10.7. The number of nitrogens with one attached hydrogen (secondary N) is 1. The highest BCUT2D eigenvalue weighted by atomic mass is 16.5. The summed E-state index contributed by atoms with van der Waals surface area (Å²) in [7, 11) is 1.69. The van der Waals surface area contributed by atoms with Gasteiger partial charge in [0.2, 0.25) is 11.8 Å². The van der Waals surface area contributed by atoms with Crippen LogP contribution in [-0.2, 0) is 22.7 Å². The highest BCUT2D eigenvalue weighted by molar-refractivity contribution is 5.91. The van der Waals surface area contributed by atoms with Crippen LogP contribution in [0.4, 0.5) is 0 Å². The molecule has 1 aromatic heterocycles. The first kappa shape index (κ1) is 20.7. The Morgan fingerprint density at radius 2 is 1.81 bits per heavy atom. The highest BCUT2D eigenvalue weighted by Crippen LogP contribution is 2.40. The molecule has 8 nitrogen and oxygen atoms in total. The summed E-state index contributed by atoms with van der Waals surface area (Å²) >= 11 is 0. The minimum atomic E-state index is -1.13. The number of rotatable bonds is 4. The van der Waals surface area contributed by atoms with Crippen LogP contribution in [0.15, 0.2) is 48.5 Å². The lowest BCUT2D eigenvalue weighted by atomic mass is 9.88. The Labute approximate surface area is 185 Å². The van der Waals surface area contributed by atoms with Crippen molar-refractivity contribution in [3.63, 3.8) is 0 Å². The molecule has 2 aliphatic rings. The van der Waals surface area contributed by atoms with Crippen LogP contribution in [0.5, 0.6) is 0 Å². The molecule has 1 saturated heterocycles. The first-order valence-corrected chi connectivity index (χ1v) is 10.7. The van der Waals surface area contributed by atoms with Gasteiger partial charge in [0, 0.05) is 49.1 Å². The summed E-state index contributed by atoms with van der Waals surface area (Å²) in [6.45, 7) is 1.80. The predicted molar refractivity (Wildman–Crippen MR) is 118 cm³/mol. The van der Waals surface area contributed by atoms with Crippen molar-refractivity contribution in [2.45, 2.75) is 31.7 Å². The number of para-hydroxylation sites is 1. The third-order valence-corrected chi connectivity index (χ3v) is 6.64. The van der Waals surface area contributed by atoms with E-state index in [2.05, 4.69) is 16.7 Å². The number of hydroxylamine groups is 1. The number of hydrogen-bond donors (Lipinski definition) is 3. The number of carbonyl (C=O) groups is 2. The van der Waals surface area contributed by atoms with E-state index in [1.165, 1.54) is 10.5 Å². The van der Waals surface area contributed by atoms with Crippen molar-refractivity contribution in [1.82, 2.24) is 19.8 Å². The zero-order chi connectivity index (χ0) is 22.4. The number of fused-ring (bicyclic) bond motifs is 6. The van der Waals surface area contributed by atoms with E-state index in [4.69, 9.17) is 5.21 Å². The van der Waals surface area contributed by atoms with Gasteiger partial charge < -0.3 is 24.7 Å². The molecule has 2 amide bonds. The molecule has 2 atom stereocenters. The molecule has 0 spiro atoms. The van der Waals surface area contributed by atoms with Gasteiger partial charge in [0.05, 0.1) is 13.1 Å². The number of hydrogen-bond acceptors (Lipinski definition) is 5. The molecular weight excluding hydrogens is 408 g/mol. The van der Waals surface area contributed by atoms with Crippen LogP contribution in [0.2, 0.25) is 0 Å². The van der Waals surface area contributed by atoms with E-state index < -0.39 is 6.23 Å². The van der Waals surface area contributed by atoms with Crippen LogP contribution in [0.25, 0.3) is 10.9 Å². The normalized spacial score (nSPS) is 19.7. The Bertz CT molecular complexity index is 1190. The van der Waals surface area contributed by atoms with Crippen LogP contribution in [0.3, 0.4) is 0 Å². The minimum Gasteiger partial charge on any atom is -0.372 e. The van der Waals surface area contributed by atoms with Crippen LogP contribution in [0, 0.1) is 0 Å². The summed E-state index contributed by atoms with van der Waals surface area (Å²) < 4.78 is 2.24. The van der Waals surface area contributed by atoms with Crippen LogP contribution in [-0.4, -0.2) is 56.6 Å². The van der Waals surface area contributed by atoms with Crippen molar-refractivity contribution in [3.8, 4) is 0 Å². The maximum absolute atomic E-state index is 12.8. The molecule has 0 aliphatic carbocycles. The van der Waals surface area contributed by atoms with E-state index in [1.54, 1.807) is 19.2 Å². The number of aliphatic hydroxyl groups is 1. The van der Waals surface area contributed by atoms with Gasteiger partial charge in [-0.15, -0.1) is 0 Å². The van der Waals surface area contributed by atoms with Crippen molar-refractivity contribution in [2.24, 2.45) is 0 Å². The van der Waals surface area contributed by atoms with Gasteiger partial charge in [-0.05, 0) is 22.8 Å². The lowest BCUT2D eigenvalue weighted by Gasteiger charge is -2.37. The summed E-state index contributed by atoms with van der Waals surface area (Å²) in [5.74, 6) is -0.0561. The summed E-state index contributed by atoms with van der Waals surface area (Å²) in [5.41, 5.74) is 6.77. The lowest BCUT2D eigenvalue weighted by Crippen LogP contribution is -2.48. The van der Waals surface area contributed by atoms with Crippen molar-refractivity contribution < 1.29 is 19.9 Å². The van der Waals surface area contributed by atoms with Gasteiger partial charge in [-0.1, -0.05) is 42.5 Å². The van der Waals surface area contributed by atoms with Crippen molar-refractivity contribution >= 4 is 22.7 Å². The lowest BCUT2D eigenvalue weighted by molar-refractivity contribution is -0.143. The van der Waals surface area contributed by atoms with Crippen LogP contribution < -0.4 is 5.48 Å². The smallest absolute Gasteiger partial charge is 0.242 e. The molecule has 32 heavy (non-hydrogen) atoms. The zero-order valence-corrected chi connectivity index (χ0v) is 17.9. The molecule has 5 rings (SSSR count). The second-order valence-corrected chi connectivity index (χ2v) is 8.66. The monoisotopic (exact) mass is 434 g/mol. The highest BCUT2D eigenvalue weighted by Gasteiger charge is 2.37. The summed E-state index contributed by atoms with van der Waals surface area (Å²) in [4.78, 5) is 28.9. The predicted octanol–water partition coefficient (Wildman–Crippen LogP) is 1.95. The van der Waals surface area contributed by atoms with Gasteiger partial charge >= 0.3 is 0 Å². The molecule has 2 bridgehead atoms. The Morgan fingerprint density at radius 3 is 2.56 bits per heavy atom. The molecular formula is C24H26N4O4. The third kappa shape index (κ3) is 3.46. The Kier molecular flexibility index (Phi) is 5.21. The Hall–Kier alpha value is -3.20. The first-order chi connectivity index (χ1) is 15.5.